The molecule has 0 atom stereocenters. The zero-order valence-corrected chi connectivity index (χ0v) is 15.6. The highest BCUT2D eigenvalue weighted by atomic mass is 32.1. The van der Waals surface area contributed by atoms with E-state index < -0.39 is 11.6 Å². The Kier molecular flexibility index (Phi) is 5.04. The summed E-state index contributed by atoms with van der Waals surface area (Å²) in [4.78, 5) is 17.6. The number of hydrogen-bond donors (Lipinski definition) is 1. The van der Waals surface area contributed by atoms with Gasteiger partial charge in [0.15, 0.2) is 5.13 Å². The summed E-state index contributed by atoms with van der Waals surface area (Å²) in [5.74, 6) is -0.775. The fourth-order valence-corrected chi connectivity index (χ4v) is 3.20. The lowest BCUT2D eigenvalue weighted by Crippen LogP contribution is -2.23. The number of ether oxygens (including phenoxy) is 1. The average Bonchev–Trinajstić information content (AvgIpc) is 2.98. The van der Waals surface area contributed by atoms with Gasteiger partial charge in [-0.1, -0.05) is 47.7 Å². The van der Waals surface area contributed by atoms with E-state index in [0.717, 1.165) is 5.56 Å². The maximum atomic E-state index is 13.4. The topological polar surface area (TPSA) is 51.2 Å². The molecule has 3 rings (SSSR count). The quantitative estimate of drug-likeness (QED) is 0.603. The Morgan fingerprint density at radius 3 is 2.50 bits per heavy atom. The normalized spacial score (nSPS) is 11.2. The van der Waals surface area contributed by atoms with E-state index in [4.69, 9.17) is 4.74 Å². The summed E-state index contributed by atoms with van der Waals surface area (Å²) >= 11 is 1.18. The molecular weight excluding hydrogens is 351 g/mol. The highest BCUT2D eigenvalue weighted by Gasteiger charge is 2.25. The minimum atomic E-state index is -0.606. The molecule has 0 amide bonds. The number of anilines is 2. The van der Waals surface area contributed by atoms with Crippen molar-refractivity contribution in [3.63, 3.8) is 0 Å². The van der Waals surface area contributed by atoms with Crippen LogP contribution < -0.4 is 5.32 Å². The SMILES string of the molecule is CC(C)(C)OC(=O)c1sc(Nc2cccc(F)c2)nc1-c1ccccc1. The third-order valence-electron chi connectivity index (χ3n) is 3.33. The molecule has 6 heteroatoms. The molecule has 0 fully saturated rings. The number of thiazole rings is 1. The molecule has 4 nitrogen and oxygen atoms in total. The van der Waals surface area contributed by atoms with Crippen molar-refractivity contribution in [2.45, 2.75) is 26.4 Å². The van der Waals surface area contributed by atoms with E-state index in [-0.39, 0.29) is 5.82 Å². The molecule has 0 spiro atoms. The molecule has 0 aliphatic heterocycles. The number of hydrogen-bond acceptors (Lipinski definition) is 5. The minimum Gasteiger partial charge on any atom is -0.456 e. The van der Waals surface area contributed by atoms with Crippen LogP contribution in [0, 0.1) is 5.82 Å². The molecule has 1 heterocycles. The summed E-state index contributed by atoms with van der Waals surface area (Å²) in [5.41, 5.74) is 1.32. The van der Waals surface area contributed by atoms with E-state index >= 15 is 0 Å². The van der Waals surface area contributed by atoms with Crippen molar-refractivity contribution in [1.29, 1.82) is 0 Å². The summed E-state index contributed by atoms with van der Waals surface area (Å²) < 4.78 is 18.9. The molecule has 134 valence electrons. The van der Waals surface area contributed by atoms with Crippen molar-refractivity contribution in [2.24, 2.45) is 0 Å². The van der Waals surface area contributed by atoms with Crippen LogP contribution in [0.25, 0.3) is 11.3 Å². The lowest BCUT2D eigenvalue weighted by molar-refractivity contribution is 0.00758. The highest BCUT2D eigenvalue weighted by Crippen LogP contribution is 2.34. The van der Waals surface area contributed by atoms with Crippen LogP contribution >= 0.6 is 11.3 Å². The molecule has 3 aromatic rings. The van der Waals surface area contributed by atoms with Gasteiger partial charge in [0.2, 0.25) is 0 Å². The first-order chi connectivity index (χ1) is 12.3. The Morgan fingerprint density at radius 1 is 1.12 bits per heavy atom. The Bertz CT molecular complexity index is 917. The molecule has 0 bridgehead atoms. The number of carbonyl (C=O) groups excluding carboxylic acids is 1. The van der Waals surface area contributed by atoms with Crippen molar-refractivity contribution >= 4 is 28.1 Å². The molecule has 0 unspecified atom stereocenters. The Balaban J connectivity index is 1.98. The summed E-state index contributed by atoms with van der Waals surface area (Å²) in [6.45, 7) is 5.46. The summed E-state index contributed by atoms with van der Waals surface area (Å²) in [6, 6.07) is 15.5. The number of esters is 1. The van der Waals surface area contributed by atoms with Crippen molar-refractivity contribution in [3.8, 4) is 11.3 Å². The lowest BCUT2D eigenvalue weighted by atomic mass is 10.1. The Labute approximate surface area is 155 Å². The fourth-order valence-electron chi connectivity index (χ4n) is 2.32. The number of nitrogens with one attached hydrogen (secondary N) is 1. The van der Waals surface area contributed by atoms with E-state index in [9.17, 15) is 9.18 Å². The monoisotopic (exact) mass is 370 g/mol. The van der Waals surface area contributed by atoms with Gasteiger partial charge in [-0.2, -0.15) is 0 Å². The second-order valence-electron chi connectivity index (χ2n) is 6.70. The van der Waals surface area contributed by atoms with Crippen LogP contribution in [0.2, 0.25) is 0 Å². The first-order valence-corrected chi connectivity index (χ1v) is 8.96. The van der Waals surface area contributed by atoms with Gasteiger partial charge in [-0.15, -0.1) is 0 Å². The molecule has 1 aromatic heterocycles. The molecule has 26 heavy (non-hydrogen) atoms. The fraction of sp³-hybridized carbons (Fsp3) is 0.200. The second kappa shape index (κ2) is 7.25. The van der Waals surface area contributed by atoms with Crippen LogP contribution in [0.5, 0.6) is 0 Å². The van der Waals surface area contributed by atoms with Gasteiger partial charge < -0.3 is 10.1 Å². The number of aromatic nitrogens is 1. The van der Waals surface area contributed by atoms with Crippen LogP contribution in [0.1, 0.15) is 30.4 Å². The van der Waals surface area contributed by atoms with E-state index in [1.165, 1.54) is 23.5 Å². The summed E-state index contributed by atoms with van der Waals surface area (Å²) in [6.07, 6.45) is 0. The van der Waals surface area contributed by atoms with Crippen molar-refractivity contribution < 1.29 is 13.9 Å². The van der Waals surface area contributed by atoms with Gasteiger partial charge in [-0.05, 0) is 39.0 Å². The van der Waals surface area contributed by atoms with Crippen molar-refractivity contribution in [2.75, 3.05) is 5.32 Å². The van der Waals surface area contributed by atoms with E-state index in [0.29, 0.717) is 21.4 Å². The van der Waals surface area contributed by atoms with Gasteiger partial charge in [0, 0.05) is 11.3 Å². The summed E-state index contributed by atoms with van der Waals surface area (Å²) in [7, 11) is 0. The second-order valence-corrected chi connectivity index (χ2v) is 7.70. The third kappa shape index (κ3) is 4.46. The van der Waals surface area contributed by atoms with Crippen LogP contribution in [0.4, 0.5) is 15.2 Å². The molecule has 1 N–H and O–H groups in total. The van der Waals surface area contributed by atoms with Gasteiger partial charge in [-0.3, -0.25) is 0 Å². The predicted octanol–water partition coefficient (Wildman–Crippen LogP) is 5.65. The number of benzene rings is 2. The van der Waals surface area contributed by atoms with Gasteiger partial charge >= 0.3 is 5.97 Å². The molecular formula is C20H19FN2O2S. The van der Waals surface area contributed by atoms with Gasteiger partial charge in [0.25, 0.3) is 0 Å². The Hall–Kier alpha value is -2.73. The molecule has 2 aromatic carbocycles. The molecule has 0 saturated carbocycles. The largest absolute Gasteiger partial charge is 0.456 e. The van der Waals surface area contributed by atoms with Crippen LogP contribution in [-0.2, 0) is 4.74 Å². The first kappa shape index (κ1) is 18.1. The third-order valence-corrected chi connectivity index (χ3v) is 4.29. The van der Waals surface area contributed by atoms with E-state index in [1.54, 1.807) is 12.1 Å². The van der Waals surface area contributed by atoms with Gasteiger partial charge in [0.05, 0.1) is 5.69 Å². The number of rotatable bonds is 4. The lowest BCUT2D eigenvalue weighted by Gasteiger charge is -2.19. The number of nitrogens with zero attached hydrogens (tertiary/aromatic N) is 1. The average molecular weight is 370 g/mol. The molecule has 0 aliphatic carbocycles. The number of halogens is 1. The van der Waals surface area contributed by atoms with Crippen molar-refractivity contribution in [3.05, 3.63) is 65.3 Å². The van der Waals surface area contributed by atoms with Crippen LogP contribution in [0.15, 0.2) is 54.6 Å². The maximum Gasteiger partial charge on any atom is 0.351 e. The van der Waals surface area contributed by atoms with E-state index in [1.807, 2.05) is 51.1 Å². The zero-order valence-electron chi connectivity index (χ0n) is 14.7. The maximum absolute atomic E-state index is 13.4. The minimum absolute atomic E-state index is 0.345. The van der Waals surface area contributed by atoms with Gasteiger partial charge in [-0.25, -0.2) is 14.2 Å². The Morgan fingerprint density at radius 2 is 1.85 bits per heavy atom. The van der Waals surface area contributed by atoms with Crippen molar-refractivity contribution in [1.82, 2.24) is 4.98 Å². The number of carbonyl (C=O) groups is 1. The summed E-state index contributed by atoms with van der Waals surface area (Å²) in [5, 5.41) is 3.55. The standard InChI is InChI=1S/C20H19FN2O2S/c1-20(2,3)25-18(24)17-16(13-8-5-4-6-9-13)23-19(26-17)22-15-11-7-10-14(21)12-15/h4-12H,1-3H3,(H,22,23). The van der Waals surface area contributed by atoms with Crippen LogP contribution in [0.3, 0.4) is 0 Å². The zero-order chi connectivity index (χ0) is 18.7. The van der Waals surface area contributed by atoms with Gasteiger partial charge in [0.1, 0.15) is 16.3 Å². The van der Waals surface area contributed by atoms with E-state index in [2.05, 4.69) is 10.3 Å². The molecule has 0 saturated heterocycles. The first-order valence-electron chi connectivity index (χ1n) is 8.14. The van der Waals surface area contributed by atoms with Crippen LogP contribution in [-0.4, -0.2) is 16.6 Å². The highest BCUT2D eigenvalue weighted by molar-refractivity contribution is 7.18. The molecule has 0 aliphatic rings. The smallest absolute Gasteiger partial charge is 0.351 e. The predicted molar refractivity (Wildman–Crippen MR) is 102 cm³/mol. The molecule has 0 radical (unpaired) electrons.